The Morgan fingerprint density at radius 1 is 1.12 bits per heavy atom. The van der Waals surface area contributed by atoms with Gasteiger partial charge in [-0.15, -0.1) is 0 Å². The minimum absolute atomic E-state index is 0.0121. The van der Waals surface area contributed by atoms with Crippen molar-refractivity contribution in [3.8, 4) is 11.5 Å². The van der Waals surface area contributed by atoms with Crippen LogP contribution in [0.3, 0.4) is 0 Å². The Kier molecular flexibility index (Phi) is 7.01. The number of aliphatic hydroxyl groups is 1. The van der Waals surface area contributed by atoms with Crippen LogP contribution >= 0.6 is 0 Å². The Balaban J connectivity index is 1.60. The van der Waals surface area contributed by atoms with E-state index in [1.165, 1.54) is 0 Å². The Morgan fingerprint density at radius 2 is 1.94 bits per heavy atom. The van der Waals surface area contributed by atoms with E-state index in [0.29, 0.717) is 19.5 Å². The second-order valence-electron chi connectivity index (χ2n) is 8.99. The van der Waals surface area contributed by atoms with Crippen LogP contribution in [0.1, 0.15) is 49.3 Å². The molecule has 4 rings (SSSR count). The summed E-state index contributed by atoms with van der Waals surface area (Å²) < 4.78 is 11.2. The molecule has 32 heavy (non-hydrogen) atoms. The molecule has 0 aromatic heterocycles. The van der Waals surface area contributed by atoms with Gasteiger partial charge in [0.25, 0.3) is 0 Å². The molecule has 1 amide bonds. The number of likely N-dealkylation sites (tertiary alicyclic amines) is 1. The highest BCUT2D eigenvalue weighted by Crippen LogP contribution is 2.51. The van der Waals surface area contributed by atoms with Crippen LogP contribution in [0.5, 0.6) is 11.5 Å². The largest absolute Gasteiger partial charge is 0.497 e. The molecule has 0 spiro atoms. The molecule has 6 nitrogen and oxygen atoms in total. The van der Waals surface area contributed by atoms with Crippen LogP contribution in [0.25, 0.3) is 0 Å². The highest BCUT2D eigenvalue weighted by molar-refractivity contribution is 5.78. The number of nitrogens with zero attached hydrogens (tertiary/aromatic N) is 1. The highest BCUT2D eigenvalue weighted by atomic mass is 16.5. The van der Waals surface area contributed by atoms with Gasteiger partial charge in [0.2, 0.25) is 5.91 Å². The van der Waals surface area contributed by atoms with Crippen molar-refractivity contribution in [3.05, 3.63) is 59.7 Å². The van der Waals surface area contributed by atoms with E-state index < -0.39 is 5.60 Å². The second-order valence-corrected chi connectivity index (χ2v) is 8.99. The van der Waals surface area contributed by atoms with Gasteiger partial charge in [-0.3, -0.25) is 9.69 Å². The lowest BCUT2D eigenvalue weighted by Crippen LogP contribution is -2.56. The van der Waals surface area contributed by atoms with Gasteiger partial charge in [-0.1, -0.05) is 43.2 Å². The summed E-state index contributed by atoms with van der Waals surface area (Å²) in [5, 5.41) is 14.6. The molecule has 1 heterocycles. The van der Waals surface area contributed by atoms with Gasteiger partial charge in [0.1, 0.15) is 11.5 Å². The molecule has 0 bridgehead atoms. The molecular weight excluding hydrogens is 404 g/mol. The predicted molar refractivity (Wildman–Crippen MR) is 124 cm³/mol. The van der Waals surface area contributed by atoms with E-state index in [0.717, 1.165) is 48.3 Å². The summed E-state index contributed by atoms with van der Waals surface area (Å²) in [7, 11) is 3.32. The van der Waals surface area contributed by atoms with Crippen LogP contribution in [0, 0.1) is 5.92 Å². The molecule has 172 valence electrons. The molecular formula is C26H34N2O4. The third-order valence-electron chi connectivity index (χ3n) is 7.11. The molecule has 3 atom stereocenters. The van der Waals surface area contributed by atoms with Crippen LogP contribution in [-0.4, -0.2) is 48.8 Å². The van der Waals surface area contributed by atoms with Crippen molar-refractivity contribution >= 4 is 5.91 Å². The Morgan fingerprint density at radius 3 is 2.69 bits per heavy atom. The monoisotopic (exact) mass is 438 g/mol. The smallest absolute Gasteiger partial charge is 0.234 e. The molecule has 0 unspecified atom stereocenters. The van der Waals surface area contributed by atoms with E-state index in [9.17, 15) is 9.90 Å². The molecule has 6 heteroatoms. The zero-order chi connectivity index (χ0) is 22.6. The van der Waals surface area contributed by atoms with Crippen molar-refractivity contribution in [2.45, 2.75) is 50.3 Å². The van der Waals surface area contributed by atoms with Gasteiger partial charge in [-0.2, -0.15) is 0 Å². The first-order valence-electron chi connectivity index (χ1n) is 11.5. The van der Waals surface area contributed by atoms with Crippen LogP contribution in [-0.2, 0) is 11.3 Å². The van der Waals surface area contributed by atoms with Crippen molar-refractivity contribution in [1.29, 1.82) is 0 Å². The first-order chi connectivity index (χ1) is 15.5. The van der Waals surface area contributed by atoms with E-state index in [4.69, 9.17) is 9.47 Å². The van der Waals surface area contributed by atoms with Crippen LogP contribution in [0.15, 0.2) is 48.5 Å². The lowest BCUT2D eigenvalue weighted by Gasteiger charge is -2.52. The van der Waals surface area contributed by atoms with Crippen molar-refractivity contribution in [3.63, 3.8) is 0 Å². The Labute approximate surface area is 190 Å². The third-order valence-corrected chi connectivity index (χ3v) is 7.11. The number of rotatable bonds is 7. The predicted octanol–water partition coefficient (Wildman–Crippen LogP) is 3.69. The maximum atomic E-state index is 12.9. The summed E-state index contributed by atoms with van der Waals surface area (Å²) in [5.74, 6) is 1.55. The normalized spacial score (nSPS) is 25.6. The summed E-state index contributed by atoms with van der Waals surface area (Å²) in [6.45, 7) is 1.45. The van der Waals surface area contributed by atoms with E-state index in [-0.39, 0.29) is 24.4 Å². The number of amides is 1. The van der Waals surface area contributed by atoms with Crippen LogP contribution < -0.4 is 14.8 Å². The minimum atomic E-state index is -0.700. The van der Waals surface area contributed by atoms with Crippen LogP contribution in [0.2, 0.25) is 0 Å². The van der Waals surface area contributed by atoms with Crippen LogP contribution in [0.4, 0.5) is 0 Å². The fourth-order valence-electron chi connectivity index (χ4n) is 5.44. The first kappa shape index (κ1) is 22.6. The van der Waals surface area contributed by atoms with Gasteiger partial charge in [0.05, 0.1) is 26.4 Å². The van der Waals surface area contributed by atoms with Crippen molar-refractivity contribution < 1.29 is 19.4 Å². The summed E-state index contributed by atoms with van der Waals surface area (Å²) in [6.07, 6.45) is 4.57. The first-order valence-corrected chi connectivity index (χ1v) is 11.5. The molecule has 1 aliphatic carbocycles. The van der Waals surface area contributed by atoms with Crippen molar-refractivity contribution in [2.24, 2.45) is 5.92 Å². The van der Waals surface area contributed by atoms with E-state index in [1.807, 2.05) is 48.5 Å². The summed E-state index contributed by atoms with van der Waals surface area (Å²) in [5.41, 5.74) is 1.36. The maximum absolute atomic E-state index is 12.9. The number of piperidine rings is 1. The van der Waals surface area contributed by atoms with Crippen molar-refractivity contribution in [2.75, 3.05) is 27.3 Å². The molecule has 2 aliphatic rings. The minimum Gasteiger partial charge on any atom is -0.497 e. The van der Waals surface area contributed by atoms with Gasteiger partial charge in [0.15, 0.2) is 0 Å². The SMILES string of the molecule is COc1ccc(OC)c([C@H]2[C@H]3CCCC[C@@]3(O)CCN2CC(=O)NCc2ccccc2)c1. The zero-order valence-electron chi connectivity index (χ0n) is 19.0. The molecule has 2 N–H and O–H groups in total. The number of benzene rings is 2. The maximum Gasteiger partial charge on any atom is 0.234 e. The number of carbonyl (C=O) groups is 1. The number of hydrogen-bond donors (Lipinski definition) is 2. The molecule has 2 fully saturated rings. The Hall–Kier alpha value is -2.57. The summed E-state index contributed by atoms with van der Waals surface area (Å²) in [6, 6.07) is 15.6. The highest BCUT2D eigenvalue weighted by Gasteiger charge is 2.49. The lowest BCUT2D eigenvalue weighted by molar-refractivity contribution is -0.138. The molecule has 0 radical (unpaired) electrons. The number of nitrogens with one attached hydrogen (secondary N) is 1. The number of methoxy groups -OCH3 is 2. The van der Waals surface area contributed by atoms with Gasteiger partial charge >= 0.3 is 0 Å². The van der Waals surface area contributed by atoms with Crippen molar-refractivity contribution in [1.82, 2.24) is 10.2 Å². The lowest BCUT2D eigenvalue weighted by atomic mass is 9.66. The topological polar surface area (TPSA) is 71.0 Å². The molecule has 1 saturated carbocycles. The van der Waals surface area contributed by atoms with Gasteiger partial charge in [-0.05, 0) is 43.0 Å². The zero-order valence-corrected chi connectivity index (χ0v) is 19.0. The average molecular weight is 439 g/mol. The fourth-order valence-corrected chi connectivity index (χ4v) is 5.44. The van der Waals surface area contributed by atoms with Gasteiger partial charge in [-0.25, -0.2) is 0 Å². The molecule has 1 saturated heterocycles. The van der Waals surface area contributed by atoms with Gasteiger partial charge < -0.3 is 19.9 Å². The van der Waals surface area contributed by atoms with E-state index in [1.54, 1.807) is 14.2 Å². The van der Waals surface area contributed by atoms with Gasteiger partial charge in [0, 0.05) is 30.6 Å². The van der Waals surface area contributed by atoms with E-state index in [2.05, 4.69) is 10.2 Å². The number of ether oxygens (including phenoxy) is 2. The standard InChI is InChI=1S/C26H34N2O4/c1-31-20-11-12-23(32-2)21(16-20)25-22-10-6-7-13-26(22,30)14-15-28(25)18-24(29)27-17-19-8-4-3-5-9-19/h3-5,8-9,11-12,16,22,25,30H,6-7,10,13-15,17-18H2,1-2H3,(H,27,29)/t22-,25+,26-/m1/s1. The van der Waals surface area contributed by atoms with E-state index >= 15 is 0 Å². The second kappa shape index (κ2) is 9.92. The Bertz CT molecular complexity index is 919. The number of carbonyl (C=O) groups excluding carboxylic acids is 1. The fraction of sp³-hybridized carbons (Fsp3) is 0.500. The molecule has 1 aliphatic heterocycles. The number of hydrogen-bond acceptors (Lipinski definition) is 5. The summed E-state index contributed by atoms with van der Waals surface area (Å²) >= 11 is 0. The third kappa shape index (κ3) is 4.76. The molecule has 2 aromatic carbocycles. The number of fused-ring (bicyclic) bond motifs is 1. The summed E-state index contributed by atoms with van der Waals surface area (Å²) in [4.78, 5) is 15.1. The molecule has 2 aromatic rings. The quantitative estimate of drug-likeness (QED) is 0.690. The average Bonchev–Trinajstić information content (AvgIpc) is 2.83.